The van der Waals surface area contributed by atoms with E-state index in [0.717, 1.165) is 44.6 Å². The molecule has 0 aliphatic heterocycles. The third-order valence-electron chi connectivity index (χ3n) is 2.30. The summed E-state index contributed by atoms with van der Waals surface area (Å²) in [5.74, 6) is 0.627. The van der Waals surface area contributed by atoms with Gasteiger partial charge < -0.3 is 15.2 Å². The molecule has 0 aliphatic carbocycles. The fraction of sp³-hybridized carbons (Fsp3) is 0.583. The molecule has 1 aromatic heterocycles. The van der Waals surface area contributed by atoms with E-state index < -0.39 is 0 Å². The Morgan fingerprint density at radius 2 is 2.06 bits per heavy atom. The van der Waals surface area contributed by atoms with E-state index in [1.807, 2.05) is 12.1 Å². The molecule has 2 N–H and O–H groups in total. The van der Waals surface area contributed by atoms with E-state index in [9.17, 15) is 0 Å². The van der Waals surface area contributed by atoms with E-state index in [-0.39, 0.29) is 0 Å². The highest BCUT2D eigenvalue weighted by atomic mass is 16.5. The van der Waals surface area contributed by atoms with Crippen LogP contribution in [0.5, 0.6) is 0 Å². The van der Waals surface area contributed by atoms with Gasteiger partial charge in [0.15, 0.2) is 0 Å². The third-order valence-corrected chi connectivity index (χ3v) is 2.30. The fourth-order valence-corrected chi connectivity index (χ4v) is 1.43. The summed E-state index contributed by atoms with van der Waals surface area (Å²) in [5.41, 5.74) is 6.83. The maximum absolute atomic E-state index is 5.73. The quantitative estimate of drug-likeness (QED) is 0.682. The molecule has 90 valence electrons. The summed E-state index contributed by atoms with van der Waals surface area (Å²) in [4.78, 5) is 4.04. The zero-order valence-corrected chi connectivity index (χ0v) is 9.82. The molecule has 1 aromatic rings. The first kappa shape index (κ1) is 12.9. The van der Waals surface area contributed by atoms with Gasteiger partial charge in [-0.3, -0.25) is 0 Å². The number of hydrogen-bond acceptors (Lipinski definition) is 4. The Morgan fingerprint density at radius 3 is 2.81 bits per heavy atom. The number of pyridine rings is 1. The first-order chi connectivity index (χ1) is 7.84. The van der Waals surface area contributed by atoms with Gasteiger partial charge in [0.25, 0.3) is 0 Å². The Kier molecular flexibility index (Phi) is 6.53. The standard InChI is InChI=1S/C12H20N2O2/c1-15-8-4-10-16-9-3-6-11-5-2-7-14-12(11)13/h2,5,7H,3-4,6,8-10H2,1H3,(H2,13,14). The Labute approximate surface area is 96.8 Å². The summed E-state index contributed by atoms with van der Waals surface area (Å²) < 4.78 is 10.4. The van der Waals surface area contributed by atoms with Crippen molar-refractivity contribution >= 4 is 5.82 Å². The summed E-state index contributed by atoms with van der Waals surface area (Å²) in [7, 11) is 1.70. The SMILES string of the molecule is COCCCOCCCc1cccnc1N. The van der Waals surface area contributed by atoms with Crippen LogP contribution in [0, 0.1) is 0 Å². The molecular formula is C12H20N2O2. The van der Waals surface area contributed by atoms with Crippen LogP contribution in [0.4, 0.5) is 5.82 Å². The maximum atomic E-state index is 5.73. The number of rotatable bonds is 8. The number of nitrogens with two attached hydrogens (primary N) is 1. The lowest BCUT2D eigenvalue weighted by Gasteiger charge is -2.05. The lowest BCUT2D eigenvalue weighted by atomic mass is 10.1. The smallest absolute Gasteiger partial charge is 0.126 e. The van der Waals surface area contributed by atoms with Crippen molar-refractivity contribution < 1.29 is 9.47 Å². The molecule has 4 nitrogen and oxygen atoms in total. The second kappa shape index (κ2) is 8.07. The highest BCUT2D eigenvalue weighted by Gasteiger charge is 1.98. The predicted octanol–water partition coefficient (Wildman–Crippen LogP) is 1.65. The molecule has 0 saturated carbocycles. The fourth-order valence-electron chi connectivity index (χ4n) is 1.43. The van der Waals surface area contributed by atoms with Crippen molar-refractivity contribution in [3.05, 3.63) is 23.9 Å². The second-order valence-electron chi connectivity index (χ2n) is 3.61. The molecule has 0 saturated heterocycles. The number of methoxy groups -OCH3 is 1. The number of anilines is 1. The van der Waals surface area contributed by atoms with Crippen LogP contribution >= 0.6 is 0 Å². The van der Waals surface area contributed by atoms with Crippen LogP contribution in [-0.2, 0) is 15.9 Å². The van der Waals surface area contributed by atoms with Crippen LogP contribution in [-0.4, -0.2) is 31.9 Å². The molecule has 16 heavy (non-hydrogen) atoms. The first-order valence-electron chi connectivity index (χ1n) is 5.60. The molecule has 4 heteroatoms. The molecule has 0 radical (unpaired) electrons. The number of aromatic nitrogens is 1. The minimum atomic E-state index is 0.627. The molecule has 0 aliphatic rings. The minimum Gasteiger partial charge on any atom is -0.385 e. The van der Waals surface area contributed by atoms with Gasteiger partial charge in [-0.15, -0.1) is 0 Å². The van der Waals surface area contributed by atoms with E-state index >= 15 is 0 Å². The van der Waals surface area contributed by atoms with Crippen molar-refractivity contribution in [3.8, 4) is 0 Å². The van der Waals surface area contributed by atoms with Gasteiger partial charge in [0.1, 0.15) is 5.82 Å². The Hall–Kier alpha value is -1.13. The average molecular weight is 224 g/mol. The zero-order chi connectivity index (χ0) is 11.6. The molecular weight excluding hydrogens is 204 g/mol. The molecule has 0 bridgehead atoms. The molecule has 0 fully saturated rings. The highest BCUT2D eigenvalue weighted by molar-refractivity contribution is 5.38. The summed E-state index contributed by atoms with van der Waals surface area (Å²) in [6.45, 7) is 2.28. The van der Waals surface area contributed by atoms with E-state index in [2.05, 4.69) is 4.98 Å². The van der Waals surface area contributed by atoms with Crippen molar-refractivity contribution in [1.29, 1.82) is 0 Å². The number of aryl methyl sites for hydroxylation is 1. The van der Waals surface area contributed by atoms with Crippen LogP contribution in [0.25, 0.3) is 0 Å². The maximum Gasteiger partial charge on any atom is 0.126 e. The molecule has 0 unspecified atom stereocenters. The van der Waals surface area contributed by atoms with Gasteiger partial charge in [-0.2, -0.15) is 0 Å². The van der Waals surface area contributed by atoms with Crippen molar-refractivity contribution in [3.63, 3.8) is 0 Å². The summed E-state index contributed by atoms with van der Waals surface area (Å²) in [5, 5.41) is 0. The van der Waals surface area contributed by atoms with Gasteiger partial charge in [0, 0.05) is 33.1 Å². The highest BCUT2D eigenvalue weighted by Crippen LogP contribution is 2.09. The minimum absolute atomic E-state index is 0.627. The van der Waals surface area contributed by atoms with Crippen molar-refractivity contribution in [2.24, 2.45) is 0 Å². The first-order valence-corrected chi connectivity index (χ1v) is 5.60. The van der Waals surface area contributed by atoms with Crippen LogP contribution < -0.4 is 5.73 Å². The average Bonchev–Trinajstić information content (AvgIpc) is 2.30. The molecule has 0 amide bonds. The monoisotopic (exact) mass is 224 g/mol. The lowest BCUT2D eigenvalue weighted by Crippen LogP contribution is -2.03. The normalized spacial score (nSPS) is 10.6. The van der Waals surface area contributed by atoms with Crippen LogP contribution in [0.1, 0.15) is 18.4 Å². The molecule has 1 rings (SSSR count). The van der Waals surface area contributed by atoms with Gasteiger partial charge in [0.05, 0.1) is 0 Å². The lowest BCUT2D eigenvalue weighted by molar-refractivity contribution is 0.101. The Morgan fingerprint density at radius 1 is 1.25 bits per heavy atom. The van der Waals surface area contributed by atoms with E-state index in [1.165, 1.54) is 0 Å². The molecule has 0 atom stereocenters. The van der Waals surface area contributed by atoms with Gasteiger partial charge in [-0.1, -0.05) is 6.07 Å². The predicted molar refractivity (Wildman–Crippen MR) is 64.3 cm³/mol. The van der Waals surface area contributed by atoms with Crippen molar-refractivity contribution in [2.45, 2.75) is 19.3 Å². The molecule has 0 aromatic carbocycles. The zero-order valence-electron chi connectivity index (χ0n) is 9.82. The van der Waals surface area contributed by atoms with Gasteiger partial charge in [-0.25, -0.2) is 4.98 Å². The number of hydrogen-bond donors (Lipinski definition) is 1. The molecule has 0 spiro atoms. The number of ether oxygens (including phenoxy) is 2. The van der Waals surface area contributed by atoms with Crippen LogP contribution in [0.2, 0.25) is 0 Å². The van der Waals surface area contributed by atoms with Crippen molar-refractivity contribution in [2.75, 3.05) is 32.7 Å². The van der Waals surface area contributed by atoms with E-state index in [0.29, 0.717) is 5.82 Å². The molecule has 1 heterocycles. The Bertz CT molecular complexity index is 292. The van der Waals surface area contributed by atoms with Crippen LogP contribution in [0.15, 0.2) is 18.3 Å². The Balaban J connectivity index is 2.05. The summed E-state index contributed by atoms with van der Waals surface area (Å²) in [6, 6.07) is 3.92. The second-order valence-corrected chi connectivity index (χ2v) is 3.61. The third kappa shape index (κ3) is 5.09. The van der Waals surface area contributed by atoms with Gasteiger partial charge in [-0.05, 0) is 30.9 Å². The van der Waals surface area contributed by atoms with E-state index in [4.69, 9.17) is 15.2 Å². The van der Waals surface area contributed by atoms with Gasteiger partial charge in [0.2, 0.25) is 0 Å². The van der Waals surface area contributed by atoms with Crippen LogP contribution in [0.3, 0.4) is 0 Å². The van der Waals surface area contributed by atoms with Gasteiger partial charge >= 0.3 is 0 Å². The largest absolute Gasteiger partial charge is 0.385 e. The number of nitrogen functional groups attached to an aromatic ring is 1. The number of nitrogens with zero attached hydrogens (tertiary/aromatic N) is 1. The van der Waals surface area contributed by atoms with E-state index in [1.54, 1.807) is 13.3 Å². The topological polar surface area (TPSA) is 57.4 Å². The summed E-state index contributed by atoms with van der Waals surface area (Å²) in [6.07, 6.45) is 4.55. The van der Waals surface area contributed by atoms with Crippen molar-refractivity contribution in [1.82, 2.24) is 4.98 Å². The summed E-state index contributed by atoms with van der Waals surface area (Å²) >= 11 is 0.